The smallest absolute Gasteiger partial charge is 0.273 e. The molecule has 0 aliphatic heterocycles. The zero-order valence-electron chi connectivity index (χ0n) is 9.24. The predicted molar refractivity (Wildman–Crippen MR) is 60.7 cm³/mol. The van der Waals surface area contributed by atoms with Crippen molar-refractivity contribution in [2.75, 3.05) is 0 Å². The van der Waals surface area contributed by atoms with E-state index >= 15 is 0 Å². The number of amidine groups is 1. The Morgan fingerprint density at radius 1 is 1.33 bits per heavy atom. The second-order valence-electron chi connectivity index (χ2n) is 3.13. The number of aryl methyl sites for hydroxylation is 1. The predicted octanol–water partition coefficient (Wildman–Crippen LogP) is 0.927. The number of amides is 1. The molecule has 1 aromatic carbocycles. The third-order valence-corrected chi connectivity index (χ3v) is 1.88. The van der Waals surface area contributed by atoms with Crippen LogP contribution in [0.1, 0.15) is 22.8 Å². The molecule has 4 nitrogen and oxygen atoms in total. The molecule has 0 unspecified atom stereocenters. The number of nitrogens with zero attached hydrogens (tertiary/aromatic N) is 1. The molecule has 0 fully saturated rings. The topological polar surface area (TPSA) is 70.2 Å². The number of hydrogen-bond acceptors (Lipinski definition) is 3. The third kappa shape index (κ3) is 3.76. The monoisotopic (exact) mass is 214 g/mol. The molecule has 0 saturated heterocycles. The molecule has 15 heavy (non-hydrogen) atoms. The minimum atomic E-state index is -0.363. The Morgan fingerprint density at radius 2 is 1.80 bits per heavy atom. The van der Waals surface area contributed by atoms with E-state index in [9.17, 15) is 4.79 Å². The first kappa shape index (κ1) is 14.3. The number of nitrogens with one attached hydrogen (secondary N) is 1. The molecule has 0 aliphatic rings. The number of rotatable bonds is 1. The van der Waals surface area contributed by atoms with Crippen molar-refractivity contribution in [1.29, 1.82) is 5.41 Å². The van der Waals surface area contributed by atoms with Crippen molar-refractivity contribution < 1.29 is 4.79 Å². The van der Waals surface area contributed by atoms with E-state index in [1.807, 2.05) is 19.1 Å². The molecule has 0 spiro atoms. The molecule has 1 radical (unpaired) electrons. The van der Waals surface area contributed by atoms with Crippen LogP contribution in [0.15, 0.2) is 24.3 Å². The molecule has 1 amide bonds. The molecule has 75 valence electrons. The second kappa shape index (κ2) is 6.02. The molecule has 3 N–H and O–H groups in total. The summed E-state index contributed by atoms with van der Waals surface area (Å²) in [6.45, 7) is 3.41. The van der Waals surface area contributed by atoms with Gasteiger partial charge < -0.3 is 0 Å². The van der Waals surface area contributed by atoms with Gasteiger partial charge >= 0.3 is 0 Å². The van der Waals surface area contributed by atoms with Crippen molar-refractivity contribution in [1.82, 2.24) is 5.01 Å². The van der Waals surface area contributed by atoms with Gasteiger partial charge in [-0.25, -0.2) is 10.9 Å². The minimum Gasteiger partial charge on any atom is -0.287 e. The van der Waals surface area contributed by atoms with Crippen LogP contribution in [0, 0.1) is 12.3 Å². The Kier molecular flexibility index (Phi) is 5.75. The van der Waals surface area contributed by atoms with Gasteiger partial charge in [0.15, 0.2) is 0 Å². The van der Waals surface area contributed by atoms with E-state index in [0.717, 1.165) is 10.6 Å². The van der Waals surface area contributed by atoms with Crippen molar-refractivity contribution in [2.45, 2.75) is 13.8 Å². The first-order chi connectivity index (χ1) is 6.52. The van der Waals surface area contributed by atoms with Gasteiger partial charge in [0.1, 0.15) is 5.84 Å². The van der Waals surface area contributed by atoms with Crippen molar-refractivity contribution in [2.24, 2.45) is 5.84 Å². The fourth-order valence-electron chi connectivity index (χ4n) is 0.988. The summed E-state index contributed by atoms with van der Waals surface area (Å²) in [6, 6.07) is 7.06. The summed E-state index contributed by atoms with van der Waals surface area (Å²) < 4.78 is 0. The average Bonchev–Trinajstić information content (AvgIpc) is 2.16. The molecule has 0 heterocycles. The number of hydrogen-bond donors (Lipinski definition) is 2. The van der Waals surface area contributed by atoms with E-state index in [0.29, 0.717) is 5.56 Å². The maximum atomic E-state index is 11.6. The maximum Gasteiger partial charge on any atom is 0.273 e. The van der Waals surface area contributed by atoms with Gasteiger partial charge in [-0.3, -0.25) is 10.2 Å². The van der Waals surface area contributed by atoms with Gasteiger partial charge in [0, 0.05) is 35.1 Å². The van der Waals surface area contributed by atoms with E-state index in [1.54, 1.807) is 12.1 Å². The normalized spacial score (nSPS) is 9.00. The summed E-state index contributed by atoms with van der Waals surface area (Å²) in [7, 11) is 0. The van der Waals surface area contributed by atoms with Gasteiger partial charge in [0.2, 0.25) is 0 Å². The number of carbonyl (C=O) groups excluding carboxylic acids is 1. The molecular formula is C10H13N3NaO. The third-order valence-electron chi connectivity index (χ3n) is 1.88. The summed E-state index contributed by atoms with van der Waals surface area (Å²) in [4.78, 5) is 11.6. The van der Waals surface area contributed by atoms with Gasteiger partial charge in [-0.05, 0) is 26.0 Å². The van der Waals surface area contributed by atoms with Crippen LogP contribution in [0.5, 0.6) is 0 Å². The summed E-state index contributed by atoms with van der Waals surface area (Å²) in [5.74, 6) is 5.05. The zero-order chi connectivity index (χ0) is 10.7. The van der Waals surface area contributed by atoms with Crippen LogP contribution >= 0.6 is 0 Å². The van der Waals surface area contributed by atoms with Gasteiger partial charge in [0.05, 0.1) is 0 Å². The first-order valence-corrected chi connectivity index (χ1v) is 4.23. The molecule has 0 saturated carbocycles. The van der Waals surface area contributed by atoms with Crippen LogP contribution in [0.2, 0.25) is 0 Å². The quantitative estimate of drug-likeness (QED) is 0.182. The van der Waals surface area contributed by atoms with E-state index in [-0.39, 0.29) is 41.3 Å². The molecule has 0 atom stereocenters. The van der Waals surface area contributed by atoms with Crippen LogP contribution in [-0.2, 0) is 0 Å². The molecule has 0 aliphatic carbocycles. The van der Waals surface area contributed by atoms with Gasteiger partial charge in [-0.2, -0.15) is 0 Å². The number of hydrazine groups is 1. The second-order valence-corrected chi connectivity index (χ2v) is 3.13. The Morgan fingerprint density at radius 3 is 2.20 bits per heavy atom. The fourth-order valence-corrected chi connectivity index (χ4v) is 0.988. The Bertz CT molecular complexity index is 361. The van der Waals surface area contributed by atoms with Crippen LogP contribution in [0.3, 0.4) is 0 Å². The first-order valence-electron chi connectivity index (χ1n) is 4.23. The minimum absolute atomic E-state index is 0. The van der Waals surface area contributed by atoms with Gasteiger partial charge in [0.25, 0.3) is 5.91 Å². The van der Waals surface area contributed by atoms with E-state index < -0.39 is 0 Å². The summed E-state index contributed by atoms with van der Waals surface area (Å²) in [5, 5.41) is 8.03. The number of nitrogens with two attached hydrogens (primary N) is 1. The van der Waals surface area contributed by atoms with Crippen molar-refractivity contribution in [3.8, 4) is 0 Å². The van der Waals surface area contributed by atoms with Crippen LogP contribution in [-0.4, -0.2) is 46.3 Å². The SMILES string of the molecule is CC(=N)N(N)C(=O)c1ccc(C)cc1.[Na]. The van der Waals surface area contributed by atoms with E-state index in [4.69, 9.17) is 11.3 Å². The molecule has 5 heteroatoms. The van der Waals surface area contributed by atoms with Crippen molar-refractivity contribution >= 4 is 41.3 Å². The Balaban J connectivity index is 0.00000196. The number of benzene rings is 1. The van der Waals surface area contributed by atoms with Crippen LogP contribution in [0.4, 0.5) is 0 Å². The van der Waals surface area contributed by atoms with Gasteiger partial charge in [-0.15, -0.1) is 0 Å². The number of carbonyl (C=O) groups is 1. The Hall–Kier alpha value is -0.680. The summed E-state index contributed by atoms with van der Waals surface area (Å²) in [6.07, 6.45) is 0. The van der Waals surface area contributed by atoms with E-state index in [1.165, 1.54) is 6.92 Å². The average molecular weight is 214 g/mol. The Labute approximate surface area is 111 Å². The largest absolute Gasteiger partial charge is 0.287 e. The molecule has 1 rings (SSSR count). The summed E-state index contributed by atoms with van der Waals surface area (Å²) >= 11 is 0. The standard InChI is InChI=1S/C10H13N3O.Na/c1-7-3-5-9(6-4-7)10(14)13(12)8(2)11;/h3-6,11H,12H2,1-2H3;. The fraction of sp³-hybridized carbons (Fsp3) is 0.200. The molecule has 0 bridgehead atoms. The molecule has 1 aromatic rings. The summed E-state index contributed by atoms with van der Waals surface area (Å²) in [5.41, 5.74) is 1.57. The van der Waals surface area contributed by atoms with Crippen molar-refractivity contribution in [3.05, 3.63) is 35.4 Å². The zero-order valence-corrected chi connectivity index (χ0v) is 11.2. The molecular weight excluding hydrogens is 201 g/mol. The van der Waals surface area contributed by atoms with Crippen LogP contribution in [0.25, 0.3) is 0 Å². The van der Waals surface area contributed by atoms with E-state index in [2.05, 4.69) is 0 Å². The van der Waals surface area contributed by atoms with Crippen molar-refractivity contribution in [3.63, 3.8) is 0 Å². The van der Waals surface area contributed by atoms with Gasteiger partial charge in [-0.1, -0.05) is 17.7 Å². The van der Waals surface area contributed by atoms with Crippen LogP contribution < -0.4 is 5.84 Å². The maximum absolute atomic E-state index is 11.6. The molecule has 0 aromatic heterocycles.